The van der Waals surface area contributed by atoms with Crippen molar-refractivity contribution in [1.29, 1.82) is 0 Å². The molecule has 0 amide bonds. The van der Waals surface area contributed by atoms with Crippen LogP contribution in [0.4, 0.5) is 17.6 Å². The number of hydrogen-bond acceptors (Lipinski definition) is 0. The summed E-state index contributed by atoms with van der Waals surface area (Å²) in [6, 6.07) is 0. The molecule has 1 aliphatic carbocycles. The molecule has 1 aliphatic rings. The molecule has 1 fully saturated rings. The highest BCUT2D eigenvalue weighted by molar-refractivity contribution is 9.09. The van der Waals surface area contributed by atoms with E-state index in [0.717, 1.165) is 0 Å². The lowest BCUT2D eigenvalue weighted by Gasteiger charge is -2.30. The lowest BCUT2D eigenvalue weighted by molar-refractivity contribution is -0.183. The Morgan fingerprint density at radius 2 is 1.75 bits per heavy atom. The fourth-order valence-electron chi connectivity index (χ4n) is 1.42. The molecular formula is C7H9BrF4. The van der Waals surface area contributed by atoms with Crippen LogP contribution in [-0.2, 0) is 0 Å². The first-order valence-electron chi connectivity index (χ1n) is 3.76. The van der Waals surface area contributed by atoms with Crippen LogP contribution < -0.4 is 0 Å². The van der Waals surface area contributed by atoms with Crippen LogP contribution in [0.1, 0.15) is 19.3 Å². The van der Waals surface area contributed by atoms with Gasteiger partial charge in [-0.1, -0.05) is 15.9 Å². The quantitative estimate of drug-likeness (QED) is 0.455. The standard InChI is InChI=1S/C7H9BrF4/c8-6-2-1-4(9)3-5(6)7(10,11)12/h4-6H,1-3H2. The molecule has 72 valence electrons. The van der Waals surface area contributed by atoms with E-state index >= 15 is 0 Å². The molecular weight excluding hydrogens is 240 g/mol. The number of hydrogen-bond donors (Lipinski definition) is 0. The van der Waals surface area contributed by atoms with Gasteiger partial charge in [-0.25, -0.2) is 4.39 Å². The van der Waals surface area contributed by atoms with Crippen molar-refractivity contribution in [2.45, 2.75) is 36.4 Å². The summed E-state index contributed by atoms with van der Waals surface area (Å²) in [7, 11) is 0. The van der Waals surface area contributed by atoms with Crippen molar-refractivity contribution in [2.75, 3.05) is 0 Å². The lowest BCUT2D eigenvalue weighted by Crippen LogP contribution is -2.36. The van der Waals surface area contributed by atoms with Gasteiger partial charge in [0, 0.05) is 4.83 Å². The Labute approximate surface area is 76.5 Å². The maximum Gasteiger partial charge on any atom is 0.392 e. The molecule has 1 saturated carbocycles. The van der Waals surface area contributed by atoms with Crippen molar-refractivity contribution in [2.24, 2.45) is 5.92 Å². The smallest absolute Gasteiger partial charge is 0.247 e. The molecule has 0 aromatic rings. The van der Waals surface area contributed by atoms with Gasteiger partial charge in [-0.3, -0.25) is 0 Å². The van der Waals surface area contributed by atoms with Gasteiger partial charge in [0.15, 0.2) is 0 Å². The van der Waals surface area contributed by atoms with Crippen molar-refractivity contribution >= 4 is 15.9 Å². The highest BCUT2D eigenvalue weighted by atomic mass is 79.9. The van der Waals surface area contributed by atoms with E-state index in [4.69, 9.17) is 0 Å². The predicted molar refractivity (Wildman–Crippen MR) is 41.0 cm³/mol. The van der Waals surface area contributed by atoms with Crippen LogP contribution in [0, 0.1) is 5.92 Å². The molecule has 0 nitrogen and oxygen atoms in total. The first-order valence-corrected chi connectivity index (χ1v) is 4.67. The van der Waals surface area contributed by atoms with Gasteiger partial charge in [-0.2, -0.15) is 13.2 Å². The first-order chi connectivity index (χ1) is 5.41. The number of alkyl halides is 5. The molecule has 0 aromatic heterocycles. The van der Waals surface area contributed by atoms with Gasteiger partial charge in [-0.05, 0) is 19.3 Å². The van der Waals surface area contributed by atoms with Crippen molar-refractivity contribution < 1.29 is 17.6 Å². The SMILES string of the molecule is FC1CCC(Br)C(C(F)(F)F)C1. The lowest BCUT2D eigenvalue weighted by atomic mass is 9.87. The third-order valence-corrected chi connectivity index (χ3v) is 3.22. The molecule has 5 heteroatoms. The molecule has 1 rings (SSSR count). The first kappa shape index (κ1) is 10.3. The van der Waals surface area contributed by atoms with Crippen LogP contribution in [0.15, 0.2) is 0 Å². The third-order valence-electron chi connectivity index (χ3n) is 2.12. The Hall–Kier alpha value is 0.200. The van der Waals surface area contributed by atoms with E-state index in [1.807, 2.05) is 0 Å². The van der Waals surface area contributed by atoms with E-state index in [1.165, 1.54) is 0 Å². The Bertz CT molecular complexity index is 156. The van der Waals surface area contributed by atoms with Gasteiger partial charge < -0.3 is 0 Å². The average molecular weight is 249 g/mol. The summed E-state index contributed by atoms with van der Waals surface area (Å²) in [5.74, 6) is -1.51. The van der Waals surface area contributed by atoms with Gasteiger partial charge in [0.2, 0.25) is 0 Å². The molecule has 3 atom stereocenters. The van der Waals surface area contributed by atoms with Crippen LogP contribution in [-0.4, -0.2) is 17.2 Å². The molecule has 0 saturated heterocycles. The van der Waals surface area contributed by atoms with E-state index in [9.17, 15) is 17.6 Å². The summed E-state index contributed by atoms with van der Waals surface area (Å²) in [6.07, 6.45) is -5.43. The average Bonchev–Trinajstić information content (AvgIpc) is 1.92. The van der Waals surface area contributed by atoms with E-state index < -0.39 is 23.1 Å². The summed E-state index contributed by atoms with van der Waals surface area (Å²) >= 11 is 2.93. The molecule has 0 heterocycles. The number of rotatable bonds is 0. The predicted octanol–water partition coefficient (Wildman–Crippen LogP) is 3.45. The van der Waals surface area contributed by atoms with Crippen LogP contribution >= 0.6 is 15.9 Å². The molecule has 0 aromatic carbocycles. The van der Waals surface area contributed by atoms with E-state index in [1.54, 1.807) is 0 Å². The van der Waals surface area contributed by atoms with Crippen molar-refractivity contribution in [3.05, 3.63) is 0 Å². The number of halogens is 5. The maximum absolute atomic E-state index is 12.6. The van der Waals surface area contributed by atoms with Crippen molar-refractivity contribution in [3.63, 3.8) is 0 Å². The molecule has 3 unspecified atom stereocenters. The maximum atomic E-state index is 12.6. The van der Waals surface area contributed by atoms with Gasteiger partial charge in [0.1, 0.15) is 6.17 Å². The monoisotopic (exact) mass is 248 g/mol. The minimum Gasteiger partial charge on any atom is -0.247 e. The van der Waals surface area contributed by atoms with Gasteiger partial charge in [0.05, 0.1) is 5.92 Å². The molecule has 0 N–H and O–H groups in total. The summed E-state index contributed by atoms with van der Waals surface area (Å²) in [5.41, 5.74) is 0. The summed E-state index contributed by atoms with van der Waals surface area (Å²) in [4.78, 5) is -0.607. The van der Waals surface area contributed by atoms with Gasteiger partial charge in [-0.15, -0.1) is 0 Å². The zero-order chi connectivity index (χ0) is 9.35. The minimum absolute atomic E-state index is 0.239. The highest BCUT2D eigenvalue weighted by Crippen LogP contribution is 2.41. The second-order valence-electron chi connectivity index (χ2n) is 3.07. The fraction of sp³-hybridized carbons (Fsp3) is 1.00. The minimum atomic E-state index is -4.26. The topological polar surface area (TPSA) is 0 Å². The Kier molecular flexibility index (Phi) is 3.01. The Balaban J connectivity index is 2.61. The van der Waals surface area contributed by atoms with Gasteiger partial charge >= 0.3 is 6.18 Å². The fourth-order valence-corrected chi connectivity index (χ4v) is 2.20. The normalized spacial score (nSPS) is 38.2. The third kappa shape index (κ3) is 2.34. The van der Waals surface area contributed by atoms with Crippen molar-refractivity contribution in [3.8, 4) is 0 Å². The highest BCUT2D eigenvalue weighted by Gasteiger charge is 2.46. The summed E-state index contributed by atoms with van der Waals surface area (Å²) in [5, 5.41) is 0. The molecule has 12 heavy (non-hydrogen) atoms. The second-order valence-corrected chi connectivity index (χ2v) is 4.25. The van der Waals surface area contributed by atoms with Crippen LogP contribution in [0.25, 0.3) is 0 Å². The molecule has 0 radical (unpaired) electrons. The van der Waals surface area contributed by atoms with E-state index in [0.29, 0.717) is 0 Å². The largest absolute Gasteiger partial charge is 0.392 e. The van der Waals surface area contributed by atoms with Crippen LogP contribution in [0.3, 0.4) is 0 Å². The van der Waals surface area contributed by atoms with Crippen molar-refractivity contribution in [1.82, 2.24) is 0 Å². The molecule has 0 aliphatic heterocycles. The molecule has 0 bridgehead atoms. The van der Waals surface area contributed by atoms with E-state index in [2.05, 4.69) is 15.9 Å². The zero-order valence-electron chi connectivity index (χ0n) is 6.24. The second kappa shape index (κ2) is 3.52. The molecule has 0 spiro atoms. The summed E-state index contributed by atoms with van der Waals surface area (Å²) in [6.45, 7) is 0. The van der Waals surface area contributed by atoms with E-state index in [-0.39, 0.29) is 19.3 Å². The van der Waals surface area contributed by atoms with Gasteiger partial charge in [0.25, 0.3) is 0 Å². The Morgan fingerprint density at radius 1 is 1.17 bits per heavy atom. The zero-order valence-corrected chi connectivity index (χ0v) is 7.83. The van der Waals surface area contributed by atoms with Crippen LogP contribution in [0.5, 0.6) is 0 Å². The van der Waals surface area contributed by atoms with Crippen LogP contribution in [0.2, 0.25) is 0 Å². The summed E-state index contributed by atoms with van der Waals surface area (Å²) < 4.78 is 49.1. The Morgan fingerprint density at radius 3 is 2.17 bits per heavy atom.